The van der Waals surface area contributed by atoms with Crippen LogP contribution in [0, 0.1) is 5.92 Å². The Hall–Kier alpha value is -2.06. The van der Waals surface area contributed by atoms with Crippen molar-refractivity contribution in [1.82, 2.24) is 20.1 Å². The van der Waals surface area contributed by atoms with E-state index in [9.17, 15) is 4.79 Å². The van der Waals surface area contributed by atoms with E-state index < -0.39 is 0 Å². The average Bonchev–Trinajstić information content (AvgIpc) is 3.10. The van der Waals surface area contributed by atoms with Crippen molar-refractivity contribution < 1.29 is 9.53 Å². The van der Waals surface area contributed by atoms with Gasteiger partial charge >= 0.3 is 0 Å². The Kier molecular flexibility index (Phi) is 7.33. The Labute approximate surface area is 170 Å². The Morgan fingerprint density at radius 2 is 1.89 bits per heavy atom. The molecule has 2 aromatic rings. The molecule has 2 heterocycles. The summed E-state index contributed by atoms with van der Waals surface area (Å²) in [6.45, 7) is 9.88. The first kappa shape index (κ1) is 20.7. The number of carbonyl (C=O) groups is 1. The second-order valence-electron chi connectivity index (χ2n) is 7.34. The van der Waals surface area contributed by atoms with Gasteiger partial charge in [0.05, 0.1) is 25.5 Å². The molecule has 7 nitrogen and oxygen atoms in total. The highest BCUT2D eigenvalue weighted by Crippen LogP contribution is 2.24. The van der Waals surface area contributed by atoms with Gasteiger partial charge in [-0.15, -0.1) is 10.2 Å². The van der Waals surface area contributed by atoms with Gasteiger partial charge in [-0.25, -0.2) is 0 Å². The Bertz CT molecular complexity index is 759. The number of hydrogen-bond acceptors (Lipinski definition) is 6. The van der Waals surface area contributed by atoms with E-state index in [4.69, 9.17) is 4.74 Å². The maximum Gasteiger partial charge on any atom is 0.230 e. The topological polar surface area (TPSA) is 72.3 Å². The van der Waals surface area contributed by atoms with Gasteiger partial charge in [0.2, 0.25) is 11.9 Å². The second kappa shape index (κ2) is 9.93. The lowest BCUT2D eigenvalue weighted by Crippen LogP contribution is -2.38. The zero-order valence-electron chi connectivity index (χ0n) is 16.8. The summed E-state index contributed by atoms with van der Waals surface area (Å²) in [4.78, 5) is 14.5. The van der Waals surface area contributed by atoms with Gasteiger partial charge in [-0.05, 0) is 18.4 Å². The molecule has 1 aromatic carbocycles. The second-order valence-corrected chi connectivity index (χ2v) is 8.29. The van der Waals surface area contributed by atoms with Crippen LogP contribution in [0.25, 0.3) is 0 Å². The Morgan fingerprint density at radius 3 is 2.57 bits per heavy atom. The van der Waals surface area contributed by atoms with Crippen molar-refractivity contribution >= 4 is 23.6 Å². The number of thioether (sulfide) groups is 1. The van der Waals surface area contributed by atoms with Crippen LogP contribution < -0.4 is 10.2 Å². The Balaban J connectivity index is 1.74. The third kappa shape index (κ3) is 5.48. The summed E-state index contributed by atoms with van der Waals surface area (Å²) in [5.74, 6) is 1.59. The van der Waals surface area contributed by atoms with Crippen molar-refractivity contribution in [3.63, 3.8) is 0 Å². The minimum Gasteiger partial charge on any atom is -0.378 e. The number of morpholine rings is 1. The van der Waals surface area contributed by atoms with Crippen LogP contribution in [-0.4, -0.2) is 58.8 Å². The van der Waals surface area contributed by atoms with Crippen molar-refractivity contribution in [2.24, 2.45) is 5.92 Å². The van der Waals surface area contributed by atoms with E-state index in [0.717, 1.165) is 24.2 Å². The summed E-state index contributed by atoms with van der Waals surface area (Å²) in [7, 11) is 0. The van der Waals surface area contributed by atoms with Crippen molar-refractivity contribution in [3.8, 4) is 0 Å². The smallest absolute Gasteiger partial charge is 0.230 e. The summed E-state index contributed by atoms with van der Waals surface area (Å²) in [5.41, 5.74) is 1.18. The van der Waals surface area contributed by atoms with E-state index in [0.29, 0.717) is 31.4 Å². The van der Waals surface area contributed by atoms with Gasteiger partial charge in [-0.1, -0.05) is 55.9 Å². The molecule has 1 N–H and O–H groups in total. The number of rotatable bonds is 8. The molecule has 0 saturated carbocycles. The van der Waals surface area contributed by atoms with Crippen LogP contribution in [0.1, 0.15) is 26.3 Å². The van der Waals surface area contributed by atoms with E-state index in [2.05, 4.69) is 51.0 Å². The standard InChI is InChI=1S/C20H29N5O2S/c1-15(2)16(3)21-18(26)14-28-20-23-22-19(24-9-11-27-12-10-24)25(20)13-17-7-5-4-6-8-17/h4-8,15-16H,9-14H2,1-3H3,(H,21,26)/t16-/m0/s1. The number of benzene rings is 1. The number of ether oxygens (including phenoxy) is 1. The lowest BCUT2D eigenvalue weighted by molar-refractivity contribution is -0.119. The molecule has 1 atom stereocenters. The maximum atomic E-state index is 12.3. The van der Waals surface area contributed by atoms with Gasteiger partial charge in [-0.3, -0.25) is 9.36 Å². The predicted molar refractivity (Wildman–Crippen MR) is 112 cm³/mol. The lowest BCUT2D eigenvalue weighted by atomic mass is 10.1. The van der Waals surface area contributed by atoms with Crippen LogP contribution >= 0.6 is 11.8 Å². The average molecular weight is 404 g/mol. The summed E-state index contributed by atoms with van der Waals surface area (Å²) in [6, 6.07) is 10.4. The fourth-order valence-electron chi connectivity index (χ4n) is 2.88. The molecule has 28 heavy (non-hydrogen) atoms. The Morgan fingerprint density at radius 1 is 1.18 bits per heavy atom. The van der Waals surface area contributed by atoms with Crippen molar-refractivity contribution in [2.75, 3.05) is 37.0 Å². The number of nitrogens with one attached hydrogen (secondary N) is 1. The highest BCUT2D eigenvalue weighted by molar-refractivity contribution is 7.99. The first-order valence-electron chi connectivity index (χ1n) is 9.76. The monoisotopic (exact) mass is 403 g/mol. The highest BCUT2D eigenvalue weighted by atomic mass is 32.2. The fourth-order valence-corrected chi connectivity index (χ4v) is 3.63. The van der Waals surface area contributed by atoms with Gasteiger partial charge in [0.1, 0.15) is 0 Å². The van der Waals surface area contributed by atoms with Crippen molar-refractivity contribution in [3.05, 3.63) is 35.9 Å². The van der Waals surface area contributed by atoms with E-state index in [1.807, 2.05) is 25.1 Å². The summed E-state index contributed by atoms with van der Waals surface area (Å²) in [5, 5.41) is 12.6. The van der Waals surface area contributed by atoms with E-state index in [1.165, 1.54) is 17.3 Å². The molecular formula is C20H29N5O2S. The van der Waals surface area contributed by atoms with Crippen LogP contribution in [-0.2, 0) is 16.1 Å². The molecule has 1 aliphatic heterocycles. The molecule has 0 spiro atoms. The molecule has 1 aromatic heterocycles. The molecule has 8 heteroatoms. The summed E-state index contributed by atoms with van der Waals surface area (Å²) in [6.07, 6.45) is 0. The van der Waals surface area contributed by atoms with Gasteiger partial charge in [0.15, 0.2) is 5.16 Å². The van der Waals surface area contributed by atoms with Gasteiger partial charge < -0.3 is 15.0 Å². The largest absolute Gasteiger partial charge is 0.378 e. The van der Waals surface area contributed by atoms with Crippen molar-refractivity contribution in [1.29, 1.82) is 0 Å². The molecule has 1 saturated heterocycles. The molecule has 1 fully saturated rings. The van der Waals surface area contributed by atoms with Gasteiger partial charge in [0, 0.05) is 19.1 Å². The van der Waals surface area contributed by atoms with Crippen LogP contribution in [0.3, 0.4) is 0 Å². The van der Waals surface area contributed by atoms with Gasteiger partial charge in [0.25, 0.3) is 0 Å². The molecular weight excluding hydrogens is 374 g/mol. The van der Waals surface area contributed by atoms with Crippen LogP contribution in [0.2, 0.25) is 0 Å². The van der Waals surface area contributed by atoms with E-state index in [-0.39, 0.29) is 11.9 Å². The molecule has 0 aliphatic carbocycles. The van der Waals surface area contributed by atoms with E-state index >= 15 is 0 Å². The number of anilines is 1. The highest BCUT2D eigenvalue weighted by Gasteiger charge is 2.21. The number of hydrogen-bond donors (Lipinski definition) is 1. The normalized spacial score (nSPS) is 15.6. The first-order valence-corrected chi connectivity index (χ1v) is 10.7. The van der Waals surface area contributed by atoms with E-state index in [1.54, 1.807) is 0 Å². The quantitative estimate of drug-likeness (QED) is 0.683. The van der Waals surface area contributed by atoms with Gasteiger partial charge in [-0.2, -0.15) is 0 Å². The first-order chi connectivity index (χ1) is 13.5. The molecule has 1 amide bonds. The molecule has 0 radical (unpaired) electrons. The zero-order valence-corrected chi connectivity index (χ0v) is 17.6. The lowest BCUT2D eigenvalue weighted by Gasteiger charge is -2.28. The molecule has 0 bridgehead atoms. The SMILES string of the molecule is CC(C)[C@H](C)NC(=O)CSc1nnc(N2CCOCC2)n1Cc1ccccc1. The van der Waals surface area contributed by atoms with Crippen LogP contribution in [0.4, 0.5) is 5.95 Å². The number of amides is 1. The number of nitrogens with zero attached hydrogens (tertiary/aromatic N) is 4. The third-order valence-electron chi connectivity index (χ3n) is 4.90. The molecule has 152 valence electrons. The number of aromatic nitrogens is 3. The molecule has 0 unspecified atom stereocenters. The third-order valence-corrected chi connectivity index (χ3v) is 5.86. The minimum absolute atomic E-state index is 0.0217. The van der Waals surface area contributed by atoms with Crippen LogP contribution in [0.15, 0.2) is 35.5 Å². The van der Waals surface area contributed by atoms with Crippen LogP contribution in [0.5, 0.6) is 0 Å². The fraction of sp³-hybridized carbons (Fsp3) is 0.550. The maximum absolute atomic E-state index is 12.3. The number of carbonyl (C=O) groups excluding carboxylic acids is 1. The predicted octanol–water partition coefficient (Wildman–Crippen LogP) is 2.42. The van der Waals surface area contributed by atoms with Crippen molar-refractivity contribution in [2.45, 2.75) is 38.5 Å². The minimum atomic E-state index is 0.0217. The zero-order chi connectivity index (χ0) is 19.9. The molecule has 3 rings (SSSR count). The molecule has 1 aliphatic rings. The summed E-state index contributed by atoms with van der Waals surface area (Å²) < 4.78 is 7.57. The summed E-state index contributed by atoms with van der Waals surface area (Å²) >= 11 is 1.43.